The zero-order chi connectivity index (χ0) is 20.9. The van der Waals surface area contributed by atoms with Crippen LogP contribution >= 0.6 is 0 Å². The first-order valence-corrected chi connectivity index (χ1v) is 10.8. The fraction of sp³-hybridized carbons (Fsp3) is 0.231. The molecule has 0 aliphatic carbocycles. The van der Waals surface area contributed by atoms with E-state index in [1.807, 2.05) is 57.2 Å². The minimum atomic E-state index is -0.406. The van der Waals surface area contributed by atoms with Gasteiger partial charge in [0.05, 0.1) is 11.3 Å². The Hall–Kier alpha value is -3.60. The highest BCUT2D eigenvalue weighted by molar-refractivity contribution is 6.08. The first-order valence-electron chi connectivity index (χ1n) is 10.8. The topological polar surface area (TPSA) is 43.9 Å². The molecule has 3 heterocycles. The molecule has 0 aromatic heterocycles. The number of carbonyl (C=O) groups excluding carboxylic acids is 2. The Morgan fingerprint density at radius 3 is 2.32 bits per heavy atom. The summed E-state index contributed by atoms with van der Waals surface area (Å²) in [6.45, 7) is 1.88. The number of urea groups is 1. The second-order valence-corrected chi connectivity index (χ2v) is 8.43. The SMILES string of the molecule is O=C1c2ccccc2N(C(=O)N2CCc3ccccc3C2)C2c3ccccc3CCN12. The molecule has 1 atom stereocenters. The quantitative estimate of drug-likeness (QED) is 0.553. The van der Waals surface area contributed by atoms with Crippen LogP contribution in [0.3, 0.4) is 0 Å². The lowest BCUT2D eigenvalue weighted by atomic mass is 9.92. The van der Waals surface area contributed by atoms with Crippen LogP contribution in [0.4, 0.5) is 10.5 Å². The summed E-state index contributed by atoms with van der Waals surface area (Å²) in [5, 5.41) is 0. The van der Waals surface area contributed by atoms with Crippen LogP contribution < -0.4 is 4.90 Å². The predicted octanol–water partition coefficient (Wildman–Crippen LogP) is 4.38. The number of nitrogens with zero attached hydrogens (tertiary/aromatic N) is 3. The zero-order valence-corrected chi connectivity index (χ0v) is 17.2. The van der Waals surface area contributed by atoms with Crippen molar-refractivity contribution < 1.29 is 9.59 Å². The summed E-state index contributed by atoms with van der Waals surface area (Å²) >= 11 is 0. The van der Waals surface area contributed by atoms with Gasteiger partial charge in [-0.05, 0) is 47.2 Å². The highest BCUT2D eigenvalue weighted by atomic mass is 16.2. The van der Waals surface area contributed by atoms with Crippen LogP contribution in [0.15, 0.2) is 72.8 Å². The number of benzene rings is 3. The lowest BCUT2D eigenvalue weighted by Crippen LogP contribution is -2.57. The third kappa shape index (κ3) is 2.76. The average Bonchev–Trinajstić information content (AvgIpc) is 2.83. The molecule has 5 heteroatoms. The smallest absolute Gasteiger partial charge is 0.320 e. The van der Waals surface area contributed by atoms with Crippen molar-refractivity contribution in [1.82, 2.24) is 9.80 Å². The van der Waals surface area contributed by atoms with Crippen LogP contribution in [-0.4, -0.2) is 34.8 Å². The Labute approximate surface area is 181 Å². The first kappa shape index (κ1) is 18.2. The van der Waals surface area contributed by atoms with Gasteiger partial charge in [0.1, 0.15) is 6.17 Å². The van der Waals surface area contributed by atoms with Crippen LogP contribution in [0.1, 0.15) is 38.8 Å². The maximum atomic E-state index is 14.0. The van der Waals surface area contributed by atoms with Crippen molar-refractivity contribution >= 4 is 17.6 Å². The van der Waals surface area contributed by atoms with Gasteiger partial charge < -0.3 is 9.80 Å². The number of carbonyl (C=O) groups is 2. The summed E-state index contributed by atoms with van der Waals surface area (Å²) in [7, 11) is 0. The fourth-order valence-electron chi connectivity index (χ4n) is 5.21. The molecule has 0 spiro atoms. The second kappa shape index (κ2) is 6.98. The monoisotopic (exact) mass is 409 g/mol. The number of fused-ring (bicyclic) bond motifs is 5. The number of anilines is 1. The zero-order valence-electron chi connectivity index (χ0n) is 17.2. The Morgan fingerprint density at radius 1 is 0.774 bits per heavy atom. The highest BCUT2D eigenvalue weighted by Crippen LogP contribution is 2.43. The summed E-state index contributed by atoms with van der Waals surface area (Å²) in [4.78, 5) is 33.0. The van der Waals surface area contributed by atoms with E-state index in [0.717, 1.165) is 18.4 Å². The Bertz CT molecular complexity index is 1200. The number of para-hydroxylation sites is 1. The van der Waals surface area contributed by atoms with E-state index in [2.05, 4.69) is 30.3 Å². The molecule has 1 unspecified atom stereocenters. The van der Waals surface area contributed by atoms with E-state index < -0.39 is 6.17 Å². The fourth-order valence-corrected chi connectivity index (χ4v) is 5.21. The van der Waals surface area contributed by atoms with Crippen molar-refractivity contribution in [2.45, 2.75) is 25.6 Å². The van der Waals surface area contributed by atoms with Gasteiger partial charge in [-0.1, -0.05) is 60.7 Å². The molecule has 0 bridgehead atoms. The summed E-state index contributed by atoms with van der Waals surface area (Å²) in [6, 6.07) is 24.0. The van der Waals surface area contributed by atoms with Gasteiger partial charge in [-0.15, -0.1) is 0 Å². The lowest BCUT2D eigenvalue weighted by molar-refractivity contribution is 0.0633. The van der Waals surface area contributed by atoms with E-state index in [-0.39, 0.29) is 11.9 Å². The first-order chi connectivity index (χ1) is 15.2. The Morgan fingerprint density at radius 2 is 1.45 bits per heavy atom. The van der Waals surface area contributed by atoms with Crippen LogP contribution in [0.5, 0.6) is 0 Å². The summed E-state index contributed by atoms with van der Waals surface area (Å²) in [5.74, 6) is 0.00291. The van der Waals surface area contributed by atoms with Crippen LogP contribution in [-0.2, 0) is 19.4 Å². The van der Waals surface area contributed by atoms with E-state index in [4.69, 9.17) is 0 Å². The largest absolute Gasteiger partial charge is 0.326 e. The van der Waals surface area contributed by atoms with E-state index in [1.165, 1.54) is 16.7 Å². The van der Waals surface area contributed by atoms with E-state index in [9.17, 15) is 9.59 Å². The molecule has 0 saturated heterocycles. The van der Waals surface area contributed by atoms with Gasteiger partial charge in [-0.25, -0.2) is 4.79 Å². The molecule has 3 aliphatic rings. The standard InChI is InChI=1S/C26H23N3O2/c30-25-22-11-5-6-12-23(22)29(24-21-10-4-3-8-19(21)14-16-28(24)25)26(31)27-15-13-18-7-1-2-9-20(18)17-27/h1-12,24H,13-17H2. The van der Waals surface area contributed by atoms with Crippen molar-refractivity contribution in [3.8, 4) is 0 Å². The van der Waals surface area contributed by atoms with E-state index >= 15 is 0 Å². The predicted molar refractivity (Wildman–Crippen MR) is 119 cm³/mol. The molecular weight excluding hydrogens is 386 g/mol. The molecule has 154 valence electrons. The van der Waals surface area contributed by atoms with Gasteiger partial charge in [-0.2, -0.15) is 0 Å². The molecule has 5 nitrogen and oxygen atoms in total. The summed E-state index contributed by atoms with van der Waals surface area (Å²) in [6.07, 6.45) is 1.25. The molecule has 0 N–H and O–H groups in total. The Balaban J connectivity index is 1.46. The van der Waals surface area contributed by atoms with Crippen LogP contribution in [0.25, 0.3) is 0 Å². The number of hydrogen-bond acceptors (Lipinski definition) is 2. The molecular formula is C26H23N3O2. The maximum absolute atomic E-state index is 14.0. The maximum Gasteiger partial charge on any atom is 0.326 e. The Kier molecular flexibility index (Phi) is 4.10. The van der Waals surface area contributed by atoms with E-state index in [1.54, 1.807) is 0 Å². The van der Waals surface area contributed by atoms with Gasteiger partial charge in [0.15, 0.2) is 0 Å². The second-order valence-electron chi connectivity index (χ2n) is 8.43. The van der Waals surface area contributed by atoms with Crippen molar-refractivity contribution in [1.29, 1.82) is 0 Å². The average molecular weight is 409 g/mol. The lowest BCUT2D eigenvalue weighted by Gasteiger charge is -2.48. The molecule has 31 heavy (non-hydrogen) atoms. The molecule has 3 amide bonds. The van der Waals surface area contributed by atoms with Crippen LogP contribution in [0.2, 0.25) is 0 Å². The molecule has 0 fully saturated rings. The minimum absolute atomic E-state index is 0.00291. The van der Waals surface area contributed by atoms with Crippen molar-refractivity contribution in [2.75, 3.05) is 18.0 Å². The van der Waals surface area contributed by atoms with Crippen molar-refractivity contribution in [3.63, 3.8) is 0 Å². The van der Waals surface area contributed by atoms with Gasteiger partial charge in [-0.3, -0.25) is 9.69 Å². The van der Waals surface area contributed by atoms with Crippen LogP contribution in [0, 0.1) is 0 Å². The summed E-state index contributed by atoms with van der Waals surface area (Å²) in [5.41, 5.74) is 6.06. The number of amides is 3. The summed E-state index contributed by atoms with van der Waals surface area (Å²) < 4.78 is 0. The van der Waals surface area contributed by atoms with Crippen molar-refractivity contribution in [2.24, 2.45) is 0 Å². The number of rotatable bonds is 0. The van der Waals surface area contributed by atoms with E-state index in [0.29, 0.717) is 30.9 Å². The molecule has 6 rings (SSSR count). The number of hydrogen-bond donors (Lipinski definition) is 0. The highest BCUT2D eigenvalue weighted by Gasteiger charge is 2.45. The van der Waals surface area contributed by atoms with Gasteiger partial charge in [0.2, 0.25) is 0 Å². The van der Waals surface area contributed by atoms with Gasteiger partial charge >= 0.3 is 6.03 Å². The molecule has 0 saturated carbocycles. The third-order valence-corrected chi connectivity index (χ3v) is 6.76. The van der Waals surface area contributed by atoms with Crippen molar-refractivity contribution in [3.05, 3.63) is 101 Å². The van der Waals surface area contributed by atoms with Gasteiger partial charge in [0.25, 0.3) is 5.91 Å². The molecule has 3 aliphatic heterocycles. The van der Waals surface area contributed by atoms with Gasteiger partial charge in [0, 0.05) is 19.6 Å². The molecule has 3 aromatic carbocycles. The third-order valence-electron chi connectivity index (χ3n) is 6.76. The molecule has 0 radical (unpaired) electrons. The minimum Gasteiger partial charge on any atom is -0.320 e. The normalized spacial score (nSPS) is 19.3. The molecule has 3 aromatic rings.